The Bertz CT molecular complexity index is 1350. The third-order valence-corrected chi connectivity index (χ3v) is 8.91. The monoisotopic (exact) mass is 621 g/mol. The van der Waals surface area contributed by atoms with Crippen molar-refractivity contribution in [2.75, 3.05) is 18.5 Å². The van der Waals surface area contributed by atoms with Gasteiger partial charge in [0.1, 0.15) is 23.6 Å². The van der Waals surface area contributed by atoms with Crippen LogP contribution in [0.25, 0.3) is 0 Å². The van der Waals surface area contributed by atoms with Crippen LogP contribution < -0.4 is 16.0 Å². The summed E-state index contributed by atoms with van der Waals surface area (Å²) >= 11 is 0. The molecule has 1 aliphatic heterocycles. The van der Waals surface area contributed by atoms with Gasteiger partial charge in [-0.25, -0.2) is 4.39 Å². The summed E-state index contributed by atoms with van der Waals surface area (Å²) < 4.78 is 63.0. The molecule has 3 fully saturated rings. The predicted octanol–water partition coefficient (Wildman–Crippen LogP) is 4.96. The first-order valence-corrected chi connectivity index (χ1v) is 15.2. The van der Waals surface area contributed by atoms with E-state index in [1.807, 2.05) is 13.8 Å². The zero-order chi connectivity index (χ0) is 31.8. The molecule has 3 N–H and O–H groups in total. The van der Waals surface area contributed by atoms with Crippen LogP contribution in [0.15, 0.2) is 30.5 Å². The lowest BCUT2D eigenvalue weighted by atomic mass is 9.88. The van der Waals surface area contributed by atoms with Gasteiger partial charge in [0.05, 0.1) is 18.2 Å². The Balaban J connectivity index is 1.30. The summed E-state index contributed by atoms with van der Waals surface area (Å²) in [4.78, 5) is 39.8. The number of amides is 3. The zero-order valence-electron chi connectivity index (χ0n) is 25.0. The number of hydrogen-bond acceptors (Lipinski definition) is 5. The molecule has 9 nitrogen and oxygen atoms in total. The Morgan fingerprint density at radius 3 is 2.18 bits per heavy atom. The zero-order valence-corrected chi connectivity index (χ0v) is 25.0. The fraction of sp³-hybridized carbons (Fsp3) is 0.613. The highest BCUT2D eigenvalue weighted by atomic mass is 19.4. The molecule has 4 atom stereocenters. The number of nitrogens with one attached hydrogen (secondary N) is 3. The molecule has 1 aromatic carbocycles. The van der Waals surface area contributed by atoms with Crippen molar-refractivity contribution in [2.24, 2.45) is 23.7 Å². The molecule has 240 valence electrons. The Labute approximate surface area is 253 Å². The minimum absolute atomic E-state index is 0.0751. The molecule has 2 heterocycles. The average Bonchev–Trinajstić information content (AvgIpc) is 3.87. The van der Waals surface area contributed by atoms with Crippen LogP contribution in [-0.2, 0) is 14.3 Å². The summed E-state index contributed by atoms with van der Waals surface area (Å²) in [6.45, 7) is 5.26. The fourth-order valence-corrected chi connectivity index (χ4v) is 6.17. The first kappa shape index (κ1) is 31.9. The minimum atomic E-state index is -4.66. The highest BCUT2D eigenvalue weighted by molar-refractivity contribution is 6.01. The number of aromatic nitrogens is 2. The fourth-order valence-electron chi connectivity index (χ4n) is 6.17. The maximum atomic E-state index is 15.3. The third kappa shape index (κ3) is 7.24. The van der Waals surface area contributed by atoms with Gasteiger partial charge in [0.25, 0.3) is 5.91 Å². The molecule has 1 saturated heterocycles. The Hall–Kier alpha value is -3.48. The first-order valence-electron chi connectivity index (χ1n) is 15.2. The topological polar surface area (TPSA) is 114 Å². The summed E-state index contributed by atoms with van der Waals surface area (Å²) in [6.07, 6.45) is 0.855. The largest absolute Gasteiger partial charge is 0.408 e. The average molecular weight is 622 g/mol. The van der Waals surface area contributed by atoms with Crippen LogP contribution in [0.2, 0.25) is 0 Å². The molecule has 44 heavy (non-hydrogen) atoms. The van der Waals surface area contributed by atoms with Crippen molar-refractivity contribution in [2.45, 2.75) is 83.1 Å². The Morgan fingerprint density at radius 2 is 1.64 bits per heavy atom. The molecule has 3 amide bonds. The third-order valence-electron chi connectivity index (χ3n) is 8.91. The molecule has 0 spiro atoms. The number of hydrogen-bond donors (Lipinski definition) is 3. The molecular weight excluding hydrogens is 582 g/mol. The van der Waals surface area contributed by atoms with Crippen LogP contribution in [-0.4, -0.2) is 59.0 Å². The maximum Gasteiger partial charge on any atom is 0.408 e. The van der Waals surface area contributed by atoms with E-state index in [0.717, 1.165) is 31.7 Å². The highest BCUT2D eigenvalue weighted by Crippen LogP contribution is 2.51. The van der Waals surface area contributed by atoms with Crippen LogP contribution in [0.4, 0.5) is 23.2 Å². The predicted molar refractivity (Wildman–Crippen MR) is 153 cm³/mol. The van der Waals surface area contributed by atoms with Gasteiger partial charge in [-0.15, -0.1) is 0 Å². The van der Waals surface area contributed by atoms with E-state index in [1.165, 1.54) is 25.3 Å². The summed E-state index contributed by atoms with van der Waals surface area (Å²) in [6, 6.07) is 2.26. The van der Waals surface area contributed by atoms with Gasteiger partial charge in [-0.1, -0.05) is 6.07 Å². The quantitative estimate of drug-likeness (QED) is 0.290. The standard InChI is InChI=1S/C31H39F4N5O4/c1-16(2)40-24(10-12-36-40)29(42)38-26(25(18-4-5-18)19-6-7-19)30(43)37-23-9-8-20(14-22(23)32)17(3)28(41)39-27(31(33,34)35)21-11-13-44-15-21/h8-10,12,14,16-19,21,25-27H,4-7,11,13,15H2,1-3H3,(H,37,43)(H,38,42)(H,39,41)/t17-,21?,26-,27?/m0/s1. The number of ether oxygens (including phenoxy) is 1. The summed E-state index contributed by atoms with van der Waals surface area (Å²) in [5, 5.41) is 11.8. The van der Waals surface area contributed by atoms with Gasteiger partial charge in [-0.05, 0) is 94.4 Å². The number of nitrogens with zero attached hydrogens (tertiary/aromatic N) is 2. The number of rotatable bonds is 12. The molecule has 0 bridgehead atoms. The Kier molecular flexibility index (Phi) is 9.33. The van der Waals surface area contributed by atoms with Crippen molar-refractivity contribution in [3.8, 4) is 0 Å². The summed E-state index contributed by atoms with van der Waals surface area (Å²) in [5.41, 5.74) is 0.320. The van der Waals surface area contributed by atoms with Crippen molar-refractivity contribution in [3.63, 3.8) is 0 Å². The second kappa shape index (κ2) is 12.9. The van der Waals surface area contributed by atoms with Gasteiger partial charge in [-0.2, -0.15) is 18.3 Å². The molecule has 2 saturated carbocycles. The van der Waals surface area contributed by atoms with E-state index in [1.54, 1.807) is 10.7 Å². The number of anilines is 1. The van der Waals surface area contributed by atoms with E-state index in [0.29, 0.717) is 5.69 Å². The molecule has 1 aromatic heterocycles. The number of alkyl halides is 3. The first-order chi connectivity index (χ1) is 20.8. The number of halogens is 4. The van der Waals surface area contributed by atoms with Crippen molar-refractivity contribution in [3.05, 3.63) is 47.5 Å². The van der Waals surface area contributed by atoms with Crippen LogP contribution in [0.3, 0.4) is 0 Å². The highest BCUT2D eigenvalue weighted by Gasteiger charge is 2.49. The summed E-state index contributed by atoms with van der Waals surface area (Å²) in [5.74, 6) is -4.23. The molecule has 3 aliphatic rings. The van der Waals surface area contributed by atoms with Crippen LogP contribution >= 0.6 is 0 Å². The van der Waals surface area contributed by atoms with Gasteiger partial charge in [0.15, 0.2) is 0 Å². The van der Waals surface area contributed by atoms with E-state index in [-0.39, 0.29) is 54.7 Å². The van der Waals surface area contributed by atoms with Crippen LogP contribution in [0.1, 0.15) is 80.9 Å². The van der Waals surface area contributed by atoms with Gasteiger partial charge < -0.3 is 20.7 Å². The normalized spacial score (nSPS) is 20.8. The SMILES string of the molecule is CC(C)n1nccc1C(=O)N[C@H](C(=O)Nc1ccc([C@H](C)C(=O)NC(C2CCOC2)C(F)(F)F)cc1F)C(C1CC1)C1CC1. The lowest BCUT2D eigenvalue weighted by molar-refractivity contribution is -0.172. The van der Waals surface area contributed by atoms with E-state index in [2.05, 4.69) is 21.0 Å². The van der Waals surface area contributed by atoms with Gasteiger partial charge in [-0.3, -0.25) is 19.1 Å². The van der Waals surface area contributed by atoms with E-state index < -0.39 is 53.6 Å². The van der Waals surface area contributed by atoms with E-state index >= 15 is 4.39 Å². The molecule has 2 aromatic rings. The molecular formula is C31H39F4N5O4. The van der Waals surface area contributed by atoms with Crippen LogP contribution in [0.5, 0.6) is 0 Å². The maximum absolute atomic E-state index is 15.3. The number of benzene rings is 1. The molecule has 2 unspecified atom stereocenters. The van der Waals surface area contributed by atoms with Gasteiger partial charge >= 0.3 is 6.18 Å². The number of carbonyl (C=O) groups is 3. The second-order valence-corrected chi connectivity index (χ2v) is 12.6. The minimum Gasteiger partial charge on any atom is -0.381 e. The van der Waals surface area contributed by atoms with E-state index in [4.69, 9.17) is 4.74 Å². The molecule has 0 radical (unpaired) electrons. The number of carbonyl (C=O) groups excluding carboxylic acids is 3. The van der Waals surface area contributed by atoms with Gasteiger partial charge in [0.2, 0.25) is 11.8 Å². The lowest BCUT2D eigenvalue weighted by Gasteiger charge is -2.28. The van der Waals surface area contributed by atoms with E-state index in [9.17, 15) is 27.6 Å². The molecule has 5 rings (SSSR count). The van der Waals surface area contributed by atoms with Crippen molar-refractivity contribution < 1.29 is 36.7 Å². The van der Waals surface area contributed by atoms with Crippen molar-refractivity contribution in [1.29, 1.82) is 0 Å². The molecule has 13 heteroatoms. The van der Waals surface area contributed by atoms with Crippen molar-refractivity contribution >= 4 is 23.4 Å². The lowest BCUT2D eigenvalue weighted by Crippen LogP contribution is -2.51. The van der Waals surface area contributed by atoms with Crippen molar-refractivity contribution in [1.82, 2.24) is 20.4 Å². The Morgan fingerprint density at radius 1 is 0.955 bits per heavy atom. The smallest absolute Gasteiger partial charge is 0.381 e. The molecule has 2 aliphatic carbocycles. The van der Waals surface area contributed by atoms with Gasteiger partial charge in [0, 0.05) is 24.8 Å². The summed E-state index contributed by atoms with van der Waals surface area (Å²) in [7, 11) is 0. The van der Waals surface area contributed by atoms with Crippen LogP contribution in [0, 0.1) is 29.5 Å². The second-order valence-electron chi connectivity index (χ2n) is 12.6.